The molecule has 2 nitrogen and oxygen atoms in total. The summed E-state index contributed by atoms with van der Waals surface area (Å²) >= 11 is 3.54. The molecule has 92 valence electrons. The number of benzene rings is 1. The summed E-state index contributed by atoms with van der Waals surface area (Å²) in [4.78, 5) is 9.02. The van der Waals surface area contributed by atoms with Crippen molar-refractivity contribution >= 4 is 15.9 Å². The first-order chi connectivity index (χ1) is 9.33. The van der Waals surface area contributed by atoms with E-state index in [1.807, 2.05) is 48.5 Å². The van der Waals surface area contributed by atoms with Crippen LogP contribution in [0.5, 0.6) is 0 Å². The van der Waals surface area contributed by atoms with Crippen molar-refractivity contribution in [3.05, 3.63) is 71.3 Å². The van der Waals surface area contributed by atoms with E-state index in [0.29, 0.717) is 0 Å². The minimum atomic E-state index is 0.869. The fourth-order valence-electron chi connectivity index (χ4n) is 1.90. The Hall–Kier alpha value is -2.00. The van der Waals surface area contributed by atoms with Crippen LogP contribution in [0, 0.1) is 0 Å². The van der Waals surface area contributed by atoms with Crippen LogP contribution < -0.4 is 0 Å². The molecule has 0 saturated carbocycles. The number of rotatable bonds is 2. The standard InChI is InChI=1S/C16H11BrN2/c17-13-10-15(12-6-2-1-3-7-12)19-16(11-13)14-8-4-5-9-18-14/h1-11H. The van der Waals surface area contributed by atoms with Crippen LogP contribution in [0.15, 0.2) is 71.3 Å². The molecule has 0 amide bonds. The van der Waals surface area contributed by atoms with Crippen LogP contribution >= 0.6 is 15.9 Å². The highest BCUT2D eigenvalue weighted by molar-refractivity contribution is 9.10. The Kier molecular flexibility index (Phi) is 3.38. The van der Waals surface area contributed by atoms with Crippen molar-refractivity contribution in [2.45, 2.75) is 0 Å². The van der Waals surface area contributed by atoms with E-state index >= 15 is 0 Å². The predicted octanol–water partition coefficient (Wildman–Crippen LogP) is 4.57. The van der Waals surface area contributed by atoms with Crippen LogP contribution in [0.25, 0.3) is 22.6 Å². The summed E-state index contributed by atoms with van der Waals surface area (Å²) in [5.74, 6) is 0. The van der Waals surface area contributed by atoms with Crippen molar-refractivity contribution < 1.29 is 0 Å². The molecule has 3 rings (SSSR count). The fraction of sp³-hybridized carbons (Fsp3) is 0. The first-order valence-electron chi connectivity index (χ1n) is 5.97. The second-order valence-corrected chi connectivity index (χ2v) is 5.05. The van der Waals surface area contributed by atoms with Gasteiger partial charge in [-0.05, 0) is 24.3 Å². The Morgan fingerprint density at radius 2 is 1.47 bits per heavy atom. The Bertz CT molecular complexity index is 624. The highest BCUT2D eigenvalue weighted by atomic mass is 79.9. The molecule has 0 unspecified atom stereocenters. The van der Waals surface area contributed by atoms with Gasteiger partial charge >= 0.3 is 0 Å². The van der Waals surface area contributed by atoms with Crippen LogP contribution in [0.2, 0.25) is 0 Å². The highest BCUT2D eigenvalue weighted by Gasteiger charge is 2.06. The lowest BCUT2D eigenvalue weighted by Crippen LogP contribution is -1.90. The van der Waals surface area contributed by atoms with Gasteiger partial charge in [0.2, 0.25) is 0 Å². The lowest BCUT2D eigenvalue weighted by molar-refractivity contribution is 1.24. The van der Waals surface area contributed by atoms with Crippen molar-refractivity contribution in [2.24, 2.45) is 0 Å². The highest BCUT2D eigenvalue weighted by Crippen LogP contribution is 2.25. The molecule has 3 aromatic rings. The lowest BCUT2D eigenvalue weighted by Gasteiger charge is -2.06. The molecule has 0 bridgehead atoms. The van der Waals surface area contributed by atoms with E-state index in [-0.39, 0.29) is 0 Å². The zero-order chi connectivity index (χ0) is 13.1. The second kappa shape index (κ2) is 5.33. The first kappa shape index (κ1) is 12.1. The summed E-state index contributed by atoms with van der Waals surface area (Å²) in [5, 5.41) is 0. The molecule has 2 heterocycles. The normalized spacial score (nSPS) is 10.4. The quantitative estimate of drug-likeness (QED) is 0.692. The molecule has 3 heteroatoms. The van der Waals surface area contributed by atoms with E-state index in [2.05, 4.69) is 38.0 Å². The summed E-state index contributed by atoms with van der Waals surface area (Å²) in [5.41, 5.74) is 3.78. The van der Waals surface area contributed by atoms with Crippen molar-refractivity contribution in [1.29, 1.82) is 0 Å². The lowest BCUT2D eigenvalue weighted by atomic mass is 10.1. The smallest absolute Gasteiger partial charge is 0.0904 e. The maximum atomic E-state index is 4.68. The maximum Gasteiger partial charge on any atom is 0.0904 e. The molecule has 0 aliphatic rings. The molecule has 0 N–H and O–H groups in total. The van der Waals surface area contributed by atoms with E-state index in [4.69, 9.17) is 0 Å². The molecule has 0 radical (unpaired) electrons. The molecule has 0 aliphatic carbocycles. The summed E-state index contributed by atoms with van der Waals surface area (Å²) in [6.45, 7) is 0. The number of halogens is 1. The Morgan fingerprint density at radius 1 is 0.737 bits per heavy atom. The first-order valence-corrected chi connectivity index (χ1v) is 6.77. The van der Waals surface area contributed by atoms with Gasteiger partial charge in [-0.15, -0.1) is 0 Å². The molecule has 19 heavy (non-hydrogen) atoms. The Balaban J connectivity index is 2.12. The van der Waals surface area contributed by atoms with Gasteiger partial charge in [0.25, 0.3) is 0 Å². The van der Waals surface area contributed by atoms with Gasteiger partial charge in [0, 0.05) is 16.2 Å². The molecule has 0 spiro atoms. The molecular formula is C16H11BrN2. The third-order valence-electron chi connectivity index (χ3n) is 2.79. The molecule has 0 atom stereocenters. The number of pyridine rings is 2. The predicted molar refractivity (Wildman–Crippen MR) is 80.6 cm³/mol. The third kappa shape index (κ3) is 2.71. The number of hydrogen-bond donors (Lipinski definition) is 0. The molecule has 0 saturated heterocycles. The second-order valence-electron chi connectivity index (χ2n) is 4.14. The van der Waals surface area contributed by atoms with Gasteiger partial charge in [-0.3, -0.25) is 4.98 Å². The van der Waals surface area contributed by atoms with Crippen LogP contribution in [-0.4, -0.2) is 9.97 Å². The van der Waals surface area contributed by atoms with Crippen molar-refractivity contribution in [3.63, 3.8) is 0 Å². The van der Waals surface area contributed by atoms with Gasteiger partial charge in [0.15, 0.2) is 0 Å². The fourth-order valence-corrected chi connectivity index (χ4v) is 2.33. The molecule has 1 aromatic carbocycles. The number of nitrogens with zero attached hydrogens (tertiary/aromatic N) is 2. The summed E-state index contributed by atoms with van der Waals surface area (Å²) < 4.78 is 1.00. The Labute approximate surface area is 120 Å². The minimum Gasteiger partial charge on any atom is -0.255 e. The van der Waals surface area contributed by atoms with Gasteiger partial charge < -0.3 is 0 Å². The van der Waals surface area contributed by atoms with Crippen LogP contribution in [0.1, 0.15) is 0 Å². The molecule has 0 fully saturated rings. The van der Waals surface area contributed by atoms with E-state index in [9.17, 15) is 0 Å². The molecule has 2 aromatic heterocycles. The third-order valence-corrected chi connectivity index (χ3v) is 3.24. The van der Waals surface area contributed by atoms with Gasteiger partial charge in [-0.25, -0.2) is 4.98 Å². The van der Waals surface area contributed by atoms with Crippen LogP contribution in [-0.2, 0) is 0 Å². The van der Waals surface area contributed by atoms with E-state index < -0.39 is 0 Å². The van der Waals surface area contributed by atoms with Crippen molar-refractivity contribution in [2.75, 3.05) is 0 Å². The molecular weight excluding hydrogens is 300 g/mol. The van der Waals surface area contributed by atoms with Crippen molar-refractivity contribution in [1.82, 2.24) is 9.97 Å². The summed E-state index contributed by atoms with van der Waals surface area (Å²) in [6, 6.07) is 20.0. The number of aromatic nitrogens is 2. The van der Waals surface area contributed by atoms with E-state index in [0.717, 1.165) is 27.1 Å². The largest absolute Gasteiger partial charge is 0.255 e. The Morgan fingerprint density at radius 3 is 2.21 bits per heavy atom. The van der Waals surface area contributed by atoms with Gasteiger partial charge in [-0.2, -0.15) is 0 Å². The number of hydrogen-bond acceptors (Lipinski definition) is 2. The average molecular weight is 311 g/mol. The van der Waals surface area contributed by atoms with Crippen LogP contribution in [0.4, 0.5) is 0 Å². The van der Waals surface area contributed by atoms with E-state index in [1.165, 1.54) is 0 Å². The minimum absolute atomic E-state index is 0.869. The summed E-state index contributed by atoms with van der Waals surface area (Å²) in [7, 11) is 0. The summed E-state index contributed by atoms with van der Waals surface area (Å²) in [6.07, 6.45) is 1.78. The maximum absolute atomic E-state index is 4.68. The zero-order valence-electron chi connectivity index (χ0n) is 10.1. The van der Waals surface area contributed by atoms with Crippen LogP contribution in [0.3, 0.4) is 0 Å². The van der Waals surface area contributed by atoms with Crippen molar-refractivity contribution in [3.8, 4) is 22.6 Å². The van der Waals surface area contributed by atoms with Gasteiger partial charge in [0.1, 0.15) is 0 Å². The van der Waals surface area contributed by atoms with Gasteiger partial charge in [-0.1, -0.05) is 52.3 Å². The monoisotopic (exact) mass is 310 g/mol. The van der Waals surface area contributed by atoms with E-state index in [1.54, 1.807) is 6.20 Å². The zero-order valence-corrected chi connectivity index (χ0v) is 11.7. The molecule has 0 aliphatic heterocycles. The topological polar surface area (TPSA) is 25.8 Å². The van der Waals surface area contributed by atoms with Gasteiger partial charge in [0.05, 0.1) is 17.1 Å². The average Bonchev–Trinajstić information content (AvgIpc) is 2.48. The SMILES string of the molecule is Brc1cc(-c2ccccc2)nc(-c2ccccn2)c1.